The highest BCUT2D eigenvalue weighted by atomic mass is 16.5. The van der Waals surface area contributed by atoms with Gasteiger partial charge in [-0.25, -0.2) is 0 Å². The molecule has 0 aliphatic heterocycles. The number of aryl methyl sites for hydroxylation is 1. The molecule has 0 unspecified atom stereocenters. The fraction of sp³-hybridized carbons (Fsp3) is 0.375. The van der Waals surface area contributed by atoms with Crippen LogP contribution in [0.3, 0.4) is 0 Å². The van der Waals surface area contributed by atoms with Crippen LogP contribution in [0.4, 0.5) is 0 Å². The van der Waals surface area contributed by atoms with Gasteiger partial charge in [0, 0.05) is 18.7 Å². The number of hydrogen-bond acceptors (Lipinski definition) is 3. The summed E-state index contributed by atoms with van der Waals surface area (Å²) in [6.07, 6.45) is 1.85. The van der Waals surface area contributed by atoms with E-state index in [1.165, 1.54) is 0 Å². The number of amides is 1. The van der Waals surface area contributed by atoms with E-state index >= 15 is 0 Å². The highest BCUT2D eigenvalue weighted by Gasteiger charge is 2.17. The number of rotatable bonds is 7. The second-order valence-corrected chi connectivity index (χ2v) is 4.41. The molecule has 0 saturated heterocycles. The summed E-state index contributed by atoms with van der Waals surface area (Å²) >= 11 is 0. The smallest absolute Gasteiger partial charge is 0.307 e. The SMILES string of the molecule is C=CCN(CCC(=O)OCC)C(=O)c1ccccc1C. The van der Waals surface area contributed by atoms with Crippen LogP contribution < -0.4 is 0 Å². The molecule has 1 amide bonds. The predicted octanol–water partition coefficient (Wildman–Crippen LogP) is 2.58. The molecule has 0 fully saturated rings. The molecule has 0 aliphatic rings. The van der Waals surface area contributed by atoms with Gasteiger partial charge < -0.3 is 9.64 Å². The number of esters is 1. The van der Waals surface area contributed by atoms with E-state index < -0.39 is 0 Å². The Morgan fingerprint density at radius 2 is 2.05 bits per heavy atom. The summed E-state index contributed by atoms with van der Waals surface area (Å²) in [6, 6.07) is 7.41. The maximum Gasteiger partial charge on any atom is 0.307 e. The summed E-state index contributed by atoms with van der Waals surface area (Å²) in [5, 5.41) is 0. The summed E-state index contributed by atoms with van der Waals surface area (Å²) < 4.78 is 4.88. The highest BCUT2D eigenvalue weighted by Crippen LogP contribution is 2.11. The van der Waals surface area contributed by atoms with Crippen LogP contribution in [0.15, 0.2) is 36.9 Å². The minimum atomic E-state index is -0.292. The standard InChI is InChI=1S/C16H21NO3/c1-4-11-17(12-10-15(18)20-5-2)16(19)14-9-7-6-8-13(14)3/h4,6-9H,1,5,10-12H2,2-3H3. The van der Waals surface area contributed by atoms with Crippen LogP contribution in [-0.2, 0) is 9.53 Å². The zero-order valence-corrected chi connectivity index (χ0v) is 12.1. The summed E-state index contributed by atoms with van der Waals surface area (Å²) in [6.45, 7) is 8.40. The summed E-state index contributed by atoms with van der Waals surface area (Å²) in [5.74, 6) is -0.383. The molecule has 0 heterocycles. The third-order valence-electron chi connectivity index (χ3n) is 2.90. The van der Waals surface area contributed by atoms with Crippen molar-refractivity contribution in [1.29, 1.82) is 0 Å². The summed E-state index contributed by atoms with van der Waals surface area (Å²) in [5.41, 5.74) is 1.57. The fourth-order valence-electron chi connectivity index (χ4n) is 1.87. The fourth-order valence-corrected chi connectivity index (χ4v) is 1.87. The van der Waals surface area contributed by atoms with E-state index in [1.54, 1.807) is 24.0 Å². The molecule has 0 bridgehead atoms. The molecular weight excluding hydrogens is 254 g/mol. The second kappa shape index (κ2) is 8.15. The molecule has 0 aromatic heterocycles. The van der Waals surface area contributed by atoms with Crippen molar-refractivity contribution in [3.8, 4) is 0 Å². The van der Waals surface area contributed by atoms with Crippen molar-refractivity contribution >= 4 is 11.9 Å². The van der Waals surface area contributed by atoms with Crippen LogP contribution >= 0.6 is 0 Å². The molecule has 0 spiro atoms. The van der Waals surface area contributed by atoms with Crippen LogP contribution in [0.1, 0.15) is 29.3 Å². The Bertz CT molecular complexity index is 482. The zero-order chi connectivity index (χ0) is 15.0. The van der Waals surface area contributed by atoms with Gasteiger partial charge in [-0.1, -0.05) is 24.3 Å². The van der Waals surface area contributed by atoms with Crippen molar-refractivity contribution < 1.29 is 14.3 Å². The molecule has 0 radical (unpaired) electrons. The van der Waals surface area contributed by atoms with E-state index in [9.17, 15) is 9.59 Å². The van der Waals surface area contributed by atoms with Crippen LogP contribution in [-0.4, -0.2) is 36.5 Å². The van der Waals surface area contributed by atoms with Crippen molar-refractivity contribution in [2.75, 3.05) is 19.7 Å². The van der Waals surface area contributed by atoms with Gasteiger partial charge in [0.05, 0.1) is 13.0 Å². The first-order valence-corrected chi connectivity index (χ1v) is 6.71. The van der Waals surface area contributed by atoms with Crippen molar-refractivity contribution in [3.05, 3.63) is 48.0 Å². The van der Waals surface area contributed by atoms with Gasteiger partial charge in [-0.05, 0) is 25.5 Å². The van der Waals surface area contributed by atoms with Crippen LogP contribution in [0.25, 0.3) is 0 Å². The summed E-state index contributed by atoms with van der Waals surface area (Å²) in [7, 11) is 0. The van der Waals surface area contributed by atoms with Crippen molar-refractivity contribution in [2.45, 2.75) is 20.3 Å². The largest absolute Gasteiger partial charge is 0.466 e. The Morgan fingerprint density at radius 1 is 1.35 bits per heavy atom. The first-order valence-electron chi connectivity index (χ1n) is 6.71. The number of carbonyl (C=O) groups excluding carboxylic acids is 2. The molecule has 1 rings (SSSR count). The number of hydrogen-bond donors (Lipinski definition) is 0. The van der Waals surface area contributed by atoms with Gasteiger partial charge in [0.1, 0.15) is 0 Å². The maximum atomic E-state index is 12.5. The topological polar surface area (TPSA) is 46.6 Å². The van der Waals surface area contributed by atoms with Crippen molar-refractivity contribution in [2.24, 2.45) is 0 Å². The average Bonchev–Trinajstić information content (AvgIpc) is 2.43. The van der Waals surface area contributed by atoms with Gasteiger partial charge in [0.25, 0.3) is 5.91 Å². The first-order chi connectivity index (χ1) is 9.60. The number of ether oxygens (including phenoxy) is 1. The molecule has 0 saturated carbocycles. The van der Waals surface area contributed by atoms with Gasteiger partial charge in [0.15, 0.2) is 0 Å². The number of benzene rings is 1. The molecule has 4 nitrogen and oxygen atoms in total. The minimum Gasteiger partial charge on any atom is -0.466 e. The minimum absolute atomic E-state index is 0.0905. The third kappa shape index (κ3) is 4.53. The van der Waals surface area contributed by atoms with Crippen LogP contribution in [0.5, 0.6) is 0 Å². The molecular formula is C16H21NO3. The lowest BCUT2D eigenvalue weighted by Crippen LogP contribution is -2.33. The van der Waals surface area contributed by atoms with E-state index in [1.807, 2.05) is 25.1 Å². The second-order valence-electron chi connectivity index (χ2n) is 4.41. The highest BCUT2D eigenvalue weighted by molar-refractivity contribution is 5.95. The quantitative estimate of drug-likeness (QED) is 0.567. The number of carbonyl (C=O) groups is 2. The Hall–Kier alpha value is -2.10. The molecule has 108 valence electrons. The molecule has 0 N–H and O–H groups in total. The van der Waals surface area contributed by atoms with Crippen molar-refractivity contribution in [3.63, 3.8) is 0 Å². The van der Waals surface area contributed by atoms with Crippen LogP contribution in [0.2, 0.25) is 0 Å². The lowest BCUT2D eigenvalue weighted by Gasteiger charge is -2.21. The normalized spacial score (nSPS) is 9.90. The van der Waals surface area contributed by atoms with E-state index in [2.05, 4.69) is 6.58 Å². The predicted molar refractivity (Wildman–Crippen MR) is 78.5 cm³/mol. The lowest BCUT2D eigenvalue weighted by atomic mass is 10.1. The third-order valence-corrected chi connectivity index (χ3v) is 2.90. The molecule has 1 aromatic carbocycles. The zero-order valence-electron chi connectivity index (χ0n) is 12.1. The van der Waals surface area contributed by atoms with E-state index in [0.717, 1.165) is 5.56 Å². The molecule has 20 heavy (non-hydrogen) atoms. The Labute approximate surface area is 120 Å². The van der Waals surface area contributed by atoms with Crippen LogP contribution in [0, 0.1) is 6.92 Å². The molecule has 1 aromatic rings. The van der Waals surface area contributed by atoms with Gasteiger partial charge in [-0.15, -0.1) is 6.58 Å². The Balaban J connectivity index is 2.75. The van der Waals surface area contributed by atoms with Gasteiger partial charge in [0.2, 0.25) is 0 Å². The van der Waals surface area contributed by atoms with E-state index in [-0.39, 0.29) is 18.3 Å². The van der Waals surface area contributed by atoms with E-state index in [4.69, 9.17) is 4.74 Å². The summed E-state index contributed by atoms with van der Waals surface area (Å²) in [4.78, 5) is 25.4. The van der Waals surface area contributed by atoms with Gasteiger partial charge >= 0.3 is 5.97 Å². The number of nitrogens with zero attached hydrogens (tertiary/aromatic N) is 1. The molecule has 4 heteroatoms. The maximum absolute atomic E-state index is 12.5. The Morgan fingerprint density at radius 3 is 2.65 bits per heavy atom. The molecule has 0 aliphatic carbocycles. The monoisotopic (exact) mass is 275 g/mol. The first kappa shape index (κ1) is 16.0. The average molecular weight is 275 g/mol. The molecule has 0 atom stereocenters. The lowest BCUT2D eigenvalue weighted by molar-refractivity contribution is -0.143. The Kier molecular flexibility index (Phi) is 6.50. The van der Waals surface area contributed by atoms with Crippen molar-refractivity contribution in [1.82, 2.24) is 4.90 Å². The van der Waals surface area contributed by atoms with Gasteiger partial charge in [-0.2, -0.15) is 0 Å². The van der Waals surface area contributed by atoms with E-state index in [0.29, 0.717) is 25.3 Å². The van der Waals surface area contributed by atoms with Gasteiger partial charge in [-0.3, -0.25) is 9.59 Å².